The molecule has 0 bridgehead atoms. The predicted octanol–water partition coefficient (Wildman–Crippen LogP) is 5.06. The number of rotatable bonds is 5. The van der Waals surface area contributed by atoms with Gasteiger partial charge in [-0.05, 0) is 74.0 Å². The van der Waals surface area contributed by atoms with Gasteiger partial charge in [0.25, 0.3) is 0 Å². The average molecular weight is 398 g/mol. The maximum Gasteiger partial charge on any atom is 0.362 e. The van der Waals surface area contributed by atoms with Crippen molar-refractivity contribution in [2.75, 3.05) is 0 Å². The van der Waals surface area contributed by atoms with E-state index in [1.165, 1.54) is 0 Å². The van der Waals surface area contributed by atoms with Crippen molar-refractivity contribution in [3.05, 3.63) is 87.7 Å². The maximum atomic E-state index is 6.61. The number of aromatic nitrogens is 1. The predicted molar refractivity (Wildman–Crippen MR) is 116 cm³/mol. The van der Waals surface area contributed by atoms with Crippen LogP contribution < -0.4 is 10.9 Å². The second-order valence-electron chi connectivity index (χ2n) is 7.24. The fourth-order valence-corrected chi connectivity index (χ4v) is 3.32. The normalized spacial score (nSPS) is 11.5. The summed E-state index contributed by atoms with van der Waals surface area (Å²) in [5.41, 5.74) is 4.30. The van der Waals surface area contributed by atoms with Gasteiger partial charge in [-0.3, -0.25) is 4.98 Å². The highest BCUT2D eigenvalue weighted by molar-refractivity contribution is 6.80. The van der Waals surface area contributed by atoms with E-state index in [-0.39, 0.29) is 6.92 Å². The average Bonchev–Trinajstić information content (AvgIpc) is 2.65. The van der Waals surface area contributed by atoms with Crippen molar-refractivity contribution in [3.63, 3.8) is 0 Å². The van der Waals surface area contributed by atoms with E-state index in [2.05, 4.69) is 4.98 Å². The van der Waals surface area contributed by atoms with Crippen molar-refractivity contribution in [2.45, 2.75) is 33.3 Å². The van der Waals surface area contributed by atoms with Crippen LogP contribution in [0.3, 0.4) is 0 Å². The Bertz CT molecular complexity index is 893. The van der Waals surface area contributed by atoms with E-state index >= 15 is 0 Å². The molecule has 2 aromatic carbocycles. The summed E-state index contributed by atoms with van der Waals surface area (Å²) in [4.78, 5) is 4.48. The number of halogens is 2. The Kier molecular flexibility index (Phi) is 5.95. The number of benzene rings is 2. The van der Waals surface area contributed by atoms with E-state index in [0.29, 0.717) is 0 Å². The van der Waals surface area contributed by atoms with E-state index in [9.17, 15) is 0 Å². The highest BCUT2D eigenvalue weighted by Crippen LogP contribution is 2.24. The molecule has 0 amide bonds. The molecule has 0 spiro atoms. The fraction of sp³-hybridized carbons (Fsp3) is 0.227. The van der Waals surface area contributed by atoms with E-state index in [0.717, 1.165) is 37.8 Å². The number of hydrogen-bond acceptors (Lipinski definition) is 2. The smallest absolute Gasteiger partial charge is 0.362 e. The third-order valence-electron chi connectivity index (χ3n) is 4.69. The highest BCUT2D eigenvalue weighted by Gasteiger charge is 2.32. The van der Waals surface area contributed by atoms with Crippen LogP contribution in [0.2, 0.25) is 10.0 Å². The summed E-state index contributed by atoms with van der Waals surface area (Å²) in [6, 6.07) is 17.9. The zero-order chi connectivity index (χ0) is 19.6. The molecule has 5 heteroatoms. The van der Waals surface area contributed by atoms with Gasteiger partial charge < -0.3 is 4.65 Å². The number of aryl methyl sites for hydroxylation is 2. The lowest BCUT2D eigenvalue weighted by Crippen LogP contribution is -2.49. The molecule has 1 aromatic heterocycles. The van der Waals surface area contributed by atoms with E-state index in [4.69, 9.17) is 27.9 Å². The Morgan fingerprint density at radius 3 is 1.85 bits per heavy atom. The van der Waals surface area contributed by atoms with E-state index < -0.39 is 5.60 Å². The molecule has 0 atom stereocenters. The maximum absolute atomic E-state index is 6.61. The van der Waals surface area contributed by atoms with E-state index in [1.54, 1.807) is 6.20 Å². The molecule has 2 nitrogen and oxygen atoms in total. The van der Waals surface area contributed by atoms with Crippen LogP contribution in [-0.2, 0) is 10.3 Å². The van der Waals surface area contributed by atoms with Crippen LogP contribution in [0.5, 0.6) is 0 Å². The van der Waals surface area contributed by atoms with Crippen LogP contribution in [-0.4, -0.2) is 11.9 Å². The summed E-state index contributed by atoms with van der Waals surface area (Å²) in [5, 5.41) is 1.44. The zero-order valence-electron chi connectivity index (χ0n) is 16.0. The summed E-state index contributed by atoms with van der Waals surface area (Å²) >= 11 is 12.8. The summed E-state index contributed by atoms with van der Waals surface area (Å²) < 4.78 is 6.61. The Hall–Kier alpha value is -1.81. The topological polar surface area (TPSA) is 22.1 Å². The molecule has 0 fully saturated rings. The fourth-order valence-electron chi connectivity index (χ4n) is 2.95. The molecule has 0 radical (unpaired) electrons. The minimum absolute atomic E-state index is 0.321. The molecule has 138 valence electrons. The number of hydrogen-bond donors (Lipinski definition) is 0. The van der Waals surface area contributed by atoms with Gasteiger partial charge in [0.2, 0.25) is 0 Å². The van der Waals surface area contributed by atoms with Gasteiger partial charge >= 0.3 is 6.92 Å². The van der Waals surface area contributed by atoms with Crippen LogP contribution in [0.25, 0.3) is 0 Å². The Labute approximate surface area is 171 Å². The van der Waals surface area contributed by atoms with Gasteiger partial charge in [0, 0.05) is 16.2 Å². The Morgan fingerprint density at radius 1 is 0.852 bits per heavy atom. The first kappa shape index (κ1) is 19.9. The summed E-state index contributed by atoms with van der Waals surface area (Å²) in [7, 11) is 0. The third-order valence-corrected chi connectivity index (χ3v) is 5.51. The molecule has 0 saturated heterocycles. The van der Waals surface area contributed by atoms with Crippen molar-refractivity contribution >= 4 is 41.0 Å². The van der Waals surface area contributed by atoms with Gasteiger partial charge in [0.15, 0.2) is 0 Å². The Balaban J connectivity index is 2.06. The molecule has 0 saturated carbocycles. The number of pyridine rings is 1. The minimum Gasteiger partial charge on any atom is -0.416 e. The van der Waals surface area contributed by atoms with Crippen LogP contribution in [0.1, 0.15) is 30.7 Å². The van der Waals surface area contributed by atoms with Crippen LogP contribution >= 0.6 is 23.2 Å². The quantitative estimate of drug-likeness (QED) is 0.561. The molecule has 0 aliphatic carbocycles. The first-order chi connectivity index (χ1) is 12.8. The SMILES string of the molecule is Cc1ccc(B(OC(C)(C)c2ccccn2)c2ccc(C)c(Cl)c2)cc1Cl. The second kappa shape index (κ2) is 8.06. The van der Waals surface area contributed by atoms with Crippen molar-refractivity contribution in [2.24, 2.45) is 0 Å². The highest BCUT2D eigenvalue weighted by atomic mass is 35.5. The largest absolute Gasteiger partial charge is 0.416 e. The third kappa shape index (κ3) is 4.55. The lowest BCUT2D eigenvalue weighted by atomic mass is 9.54. The monoisotopic (exact) mass is 397 g/mol. The van der Waals surface area contributed by atoms with E-state index in [1.807, 2.05) is 82.3 Å². The molecule has 3 aromatic rings. The van der Waals surface area contributed by atoms with Gasteiger partial charge in [-0.15, -0.1) is 0 Å². The summed E-state index contributed by atoms with van der Waals surface area (Å²) in [6.07, 6.45) is 1.78. The molecule has 3 rings (SSSR count). The van der Waals surface area contributed by atoms with Crippen molar-refractivity contribution in [3.8, 4) is 0 Å². The first-order valence-corrected chi connectivity index (χ1v) is 9.65. The van der Waals surface area contributed by atoms with Gasteiger partial charge in [-0.2, -0.15) is 0 Å². The number of nitrogens with zero attached hydrogens (tertiary/aromatic N) is 1. The molecule has 0 aliphatic heterocycles. The molecule has 27 heavy (non-hydrogen) atoms. The molecule has 0 N–H and O–H groups in total. The molecular formula is C22H22BCl2NO. The zero-order valence-corrected chi connectivity index (χ0v) is 17.5. The summed E-state index contributed by atoms with van der Waals surface area (Å²) in [5.74, 6) is 0. The van der Waals surface area contributed by atoms with Gasteiger partial charge in [-0.1, -0.05) is 53.5 Å². The molecular weight excluding hydrogens is 376 g/mol. The van der Waals surface area contributed by atoms with Crippen molar-refractivity contribution in [1.29, 1.82) is 0 Å². The minimum atomic E-state index is -0.597. The van der Waals surface area contributed by atoms with Crippen LogP contribution in [0.4, 0.5) is 0 Å². The first-order valence-electron chi connectivity index (χ1n) is 8.89. The molecule has 1 heterocycles. The van der Waals surface area contributed by atoms with Gasteiger partial charge in [0.05, 0.1) is 11.3 Å². The standard InChI is InChI=1S/C22H22BCl2NO/c1-15-8-10-17(13-19(15)24)23(18-11-9-16(2)20(25)14-18)27-22(3,4)21-7-5-6-12-26-21/h5-14H,1-4H3. The second-order valence-corrected chi connectivity index (χ2v) is 8.05. The van der Waals surface area contributed by atoms with Crippen LogP contribution in [0.15, 0.2) is 60.8 Å². The lowest BCUT2D eigenvalue weighted by molar-refractivity contribution is 0.108. The van der Waals surface area contributed by atoms with Crippen molar-refractivity contribution < 1.29 is 4.65 Å². The molecule has 0 aliphatic rings. The van der Waals surface area contributed by atoms with Crippen LogP contribution in [0, 0.1) is 13.8 Å². The molecule has 0 unspecified atom stereocenters. The Morgan fingerprint density at radius 2 is 1.41 bits per heavy atom. The lowest BCUT2D eigenvalue weighted by Gasteiger charge is -2.30. The van der Waals surface area contributed by atoms with Gasteiger partial charge in [-0.25, -0.2) is 0 Å². The van der Waals surface area contributed by atoms with Crippen molar-refractivity contribution in [1.82, 2.24) is 4.98 Å². The van der Waals surface area contributed by atoms with Gasteiger partial charge in [0.1, 0.15) is 0 Å². The summed E-state index contributed by atoms with van der Waals surface area (Å²) in [6.45, 7) is 7.70.